The summed E-state index contributed by atoms with van der Waals surface area (Å²) in [5.74, 6) is 1.32. The Morgan fingerprint density at radius 1 is 1.50 bits per heavy atom. The summed E-state index contributed by atoms with van der Waals surface area (Å²) < 4.78 is 10.4. The van der Waals surface area contributed by atoms with Crippen molar-refractivity contribution in [3.63, 3.8) is 0 Å². The van der Waals surface area contributed by atoms with Crippen molar-refractivity contribution in [3.05, 3.63) is 40.0 Å². The van der Waals surface area contributed by atoms with E-state index in [0.717, 1.165) is 5.76 Å². The molecule has 0 amide bonds. The number of carbonyl (C=O) groups is 1. The summed E-state index contributed by atoms with van der Waals surface area (Å²) in [7, 11) is 1.56. The number of ether oxygens (including phenoxy) is 1. The molecule has 16 heavy (non-hydrogen) atoms. The molecule has 0 atom stereocenters. The monoisotopic (exact) mass is 236 g/mol. The second-order valence-electron chi connectivity index (χ2n) is 3.26. The van der Waals surface area contributed by atoms with Crippen molar-refractivity contribution in [3.8, 4) is 5.75 Å². The van der Waals surface area contributed by atoms with Crippen LogP contribution in [0.1, 0.15) is 27.9 Å². The van der Waals surface area contributed by atoms with Crippen LogP contribution in [-0.4, -0.2) is 12.9 Å². The fraction of sp³-hybridized carbons (Fsp3) is 0.250. The van der Waals surface area contributed by atoms with Crippen LogP contribution < -0.4 is 4.74 Å². The van der Waals surface area contributed by atoms with E-state index in [1.165, 1.54) is 11.3 Å². The van der Waals surface area contributed by atoms with Gasteiger partial charge in [0.25, 0.3) is 0 Å². The Morgan fingerprint density at radius 2 is 2.31 bits per heavy atom. The van der Waals surface area contributed by atoms with E-state index in [1.807, 2.05) is 12.3 Å². The normalized spacial score (nSPS) is 10.4. The van der Waals surface area contributed by atoms with E-state index in [2.05, 4.69) is 0 Å². The van der Waals surface area contributed by atoms with Gasteiger partial charge in [0, 0.05) is 6.42 Å². The lowest BCUT2D eigenvalue weighted by molar-refractivity contribution is 0.103. The standard InChI is InChI=1S/C12H12O3S/c1-3-9-8(4-6-15-9)11(13)12-10(14-2)5-7-16-12/h4-7H,3H2,1-2H3. The SMILES string of the molecule is CCc1occc1C(=O)c1sccc1OC. The van der Waals surface area contributed by atoms with Crippen LogP contribution in [0.15, 0.2) is 28.2 Å². The highest BCUT2D eigenvalue weighted by atomic mass is 32.1. The molecule has 2 heterocycles. The van der Waals surface area contributed by atoms with Gasteiger partial charge in [-0.15, -0.1) is 11.3 Å². The summed E-state index contributed by atoms with van der Waals surface area (Å²) in [5, 5.41) is 1.85. The van der Waals surface area contributed by atoms with Crippen LogP contribution in [0.25, 0.3) is 0 Å². The van der Waals surface area contributed by atoms with Crippen molar-refractivity contribution >= 4 is 17.1 Å². The van der Waals surface area contributed by atoms with Crippen LogP contribution in [0.4, 0.5) is 0 Å². The first-order chi connectivity index (χ1) is 7.77. The molecule has 84 valence electrons. The predicted molar refractivity (Wildman–Crippen MR) is 62.4 cm³/mol. The molecule has 0 aliphatic carbocycles. The fourth-order valence-electron chi connectivity index (χ4n) is 1.56. The number of ketones is 1. The van der Waals surface area contributed by atoms with Crippen molar-refractivity contribution in [2.75, 3.05) is 7.11 Å². The average Bonchev–Trinajstić information content (AvgIpc) is 2.96. The minimum atomic E-state index is -0.0301. The van der Waals surface area contributed by atoms with Gasteiger partial charge in [-0.2, -0.15) is 0 Å². The predicted octanol–water partition coefficient (Wildman–Crippen LogP) is 3.14. The molecule has 0 fully saturated rings. The second kappa shape index (κ2) is 4.53. The van der Waals surface area contributed by atoms with Gasteiger partial charge in [-0.25, -0.2) is 0 Å². The molecule has 0 spiro atoms. The number of furan rings is 1. The summed E-state index contributed by atoms with van der Waals surface area (Å²) >= 11 is 1.38. The minimum Gasteiger partial charge on any atom is -0.495 e. The summed E-state index contributed by atoms with van der Waals surface area (Å²) in [4.78, 5) is 12.8. The van der Waals surface area contributed by atoms with E-state index >= 15 is 0 Å². The lowest BCUT2D eigenvalue weighted by Gasteiger charge is -2.01. The Kier molecular flexibility index (Phi) is 3.10. The molecule has 0 aromatic carbocycles. The van der Waals surface area contributed by atoms with Gasteiger partial charge in [0.2, 0.25) is 5.78 Å². The van der Waals surface area contributed by atoms with Crippen molar-refractivity contribution < 1.29 is 13.9 Å². The lowest BCUT2D eigenvalue weighted by Crippen LogP contribution is -2.02. The van der Waals surface area contributed by atoms with E-state index in [4.69, 9.17) is 9.15 Å². The molecule has 0 saturated heterocycles. The maximum absolute atomic E-state index is 12.2. The molecule has 2 aromatic rings. The molecule has 0 aliphatic rings. The molecular weight excluding hydrogens is 224 g/mol. The molecule has 0 bridgehead atoms. The number of aryl methyl sites for hydroxylation is 1. The molecule has 0 N–H and O–H groups in total. The largest absolute Gasteiger partial charge is 0.495 e. The first-order valence-electron chi connectivity index (χ1n) is 5.00. The smallest absolute Gasteiger partial charge is 0.210 e. The topological polar surface area (TPSA) is 39.4 Å². The first kappa shape index (κ1) is 11.0. The third-order valence-electron chi connectivity index (χ3n) is 2.37. The van der Waals surface area contributed by atoms with Gasteiger partial charge in [0.1, 0.15) is 16.4 Å². The maximum atomic E-state index is 12.2. The Bertz CT molecular complexity index is 452. The Morgan fingerprint density at radius 3 is 3.00 bits per heavy atom. The highest BCUT2D eigenvalue weighted by molar-refractivity contribution is 7.12. The maximum Gasteiger partial charge on any atom is 0.210 e. The van der Waals surface area contributed by atoms with Crippen molar-refractivity contribution in [2.45, 2.75) is 13.3 Å². The van der Waals surface area contributed by atoms with Gasteiger partial charge < -0.3 is 9.15 Å². The van der Waals surface area contributed by atoms with Gasteiger partial charge in [-0.3, -0.25) is 4.79 Å². The van der Waals surface area contributed by atoms with Gasteiger partial charge in [-0.1, -0.05) is 6.92 Å². The molecule has 0 aliphatic heterocycles. The van der Waals surface area contributed by atoms with Crippen LogP contribution in [-0.2, 0) is 6.42 Å². The van der Waals surface area contributed by atoms with Crippen LogP contribution in [0, 0.1) is 0 Å². The van der Waals surface area contributed by atoms with Crippen LogP contribution in [0.2, 0.25) is 0 Å². The zero-order chi connectivity index (χ0) is 11.5. The third kappa shape index (κ3) is 1.76. The number of hydrogen-bond acceptors (Lipinski definition) is 4. The van der Waals surface area contributed by atoms with E-state index in [-0.39, 0.29) is 5.78 Å². The molecule has 0 unspecified atom stereocenters. The zero-order valence-corrected chi connectivity index (χ0v) is 9.97. The van der Waals surface area contributed by atoms with Gasteiger partial charge >= 0.3 is 0 Å². The fourth-order valence-corrected chi connectivity index (χ4v) is 2.38. The van der Waals surface area contributed by atoms with Gasteiger partial charge in [0.15, 0.2) is 0 Å². The Labute approximate surface area is 97.7 Å². The Balaban J connectivity index is 2.39. The molecule has 2 aromatic heterocycles. The van der Waals surface area contributed by atoms with E-state index < -0.39 is 0 Å². The zero-order valence-electron chi connectivity index (χ0n) is 9.15. The second-order valence-corrected chi connectivity index (χ2v) is 4.17. The summed E-state index contributed by atoms with van der Waals surface area (Å²) in [6.07, 6.45) is 2.26. The van der Waals surface area contributed by atoms with E-state index in [0.29, 0.717) is 22.6 Å². The van der Waals surface area contributed by atoms with Gasteiger partial charge in [-0.05, 0) is 17.5 Å². The van der Waals surface area contributed by atoms with E-state index in [1.54, 1.807) is 25.5 Å². The van der Waals surface area contributed by atoms with Crippen LogP contribution >= 0.6 is 11.3 Å². The van der Waals surface area contributed by atoms with Crippen LogP contribution in [0.5, 0.6) is 5.75 Å². The van der Waals surface area contributed by atoms with Crippen molar-refractivity contribution in [1.29, 1.82) is 0 Å². The van der Waals surface area contributed by atoms with Gasteiger partial charge in [0.05, 0.1) is 18.9 Å². The summed E-state index contributed by atoms with van der Waals surface area (Å²) in [5.41, 5.74) is 0.628. The number of thiophene rings is 1. The molecule has 4 heteroatoms. The number of methoxy groups -OCH3 is 1. The van der Waals surface area contributed by atoms with Crippen molar-refractivity contribution in [1.82, 2.24) is 0 Å². The minimum absolute atomic E-state index is 0.0301. The summed E-state index contributed by atoms with van der Waals surface area (Å²) in [6.45, 7) is 1.96. The number of rotatable bonds is 4. The van der Waals surface area contributed by atoms with Crippen molar-refractivity contribution in [2.24, 2.45) is 0 Å². The Hall–Kier alpha value is -1.55. The average molecular weight is 236 g/mol. The lowest BCUT2D eigenvalue weighted by atomic mass is 10.1. The molecule has 0 saturated carbocycles. The molecule has 2 rings (SSSR count). The van der Waals surface area contributed by atoms with E-state index in [9.17, 15) is 4.79 Å². The molecule has 3 nitrogen and oxygen atoms in total. The quantitative estimate of drug-likeness (QED) is 0.765. The summed E-state index contributed by atoms with van der Waals surface area (Å²) in [6, 6.07) is 3.50. The number of carbonyl (C=O) groups excluding carboxylic acids is 1. The molecular formula is C12H12O3S. The number of hydrogen-bond donors (Lipinski definition) is 0. The first-order valence-corrected chi connectivity index (χ1v) is 5.88. The molecule has 0 radical (unpaired) electrons. The highest BCUT2D eigenvalue weighted by Crippen LogP contribution is 2.28. The van der Waals surface area contributed by atoms with Crippen LogP contribution in [0.3, 0.4) is 0 Å². The third-order valence-corrected chi connectivity index (χ3v) is 3.26. The highest BCUT2D eigenvalue weighted by Gasteiger charge is 2.20.